The van der Waals surface area contributed by atoms with Crippen molar-refractivity contribution in [3.05, 3.63) is 53.7 Å². The molecule has 6 nitrogen and oxygen atoms in total. The molecular weight excluding hydrogens is 352 g/mol. The van der Waals surface area contributed by atoms with Crippen molar-refractivity contribution in [3.63, 3.8) is 0 Å². The van der Waals surface area contributed by atoms with Gasteiger partial charge in [0, 0.05) is 38.2 Å². The Morgan fingerprint density at radius 1 is 1.04 bits per heavy atom. The summed E-state index contributed by atoms with van der Waals surface area (Å²) in [6, 6.07) is 11.5. The van der Waals surface area contributed by atoms with Gasteiger partial charge in [0.25, 0.3) is 5.91 Å². The Hall–Kier alpha value is -2.89. The molecule has 1 aromatic carbocycles. The van der Waals surface area contributed by atoms with E-state index in [1.54, 1.807) is 6.20 Å². The Labute approximate surface area is 166 Å². The highest BCUT2D eigenvalue weighted by atomic mass is 16.2. The van der Waals surface area contributed by atoms with Gasteiger partial charge in [-0.05, 0) is 37.1 Å². The molecule has 0 aliphatic carbocycles. The molecule has 1 aromatic heterocycles. The number of aromatic nitrogens is 1. The van der Waals surface area contributed by atoms with E-state index in [4.69, 9.17) is 0 Å². The van der Waals surface area contributed by atoms with Crippen LogP contribution in [0.5, 0.6) is 0 Å². The summed E-state index contributed by atoms with van der Waals surface area (Å²) in [7, 11) is 0. The third kappa shape index (κ3) is 5.09. The zero-order chi connectivity index (χ0) is 20.1. The predicted molar refractivity (Wildman–Crippen MR) is 112 cm³/mol. The lowest BCUT2D eigenvalue weighted by Crippen LogP contribution is -2.49. The van der Waals surface area contributed by atoms with Crippen LogP contribution >= 0.6 is 0 Å². The van der Waals surface area contributed by atoms with E-state index in [1.807, 2.05) is 62.1 Å². The molecule has 2 heterocycles. The Kier molecular flexibility index (Phi) is 6.29. The van der Waals surface area contributed by atoms with Crippen molar-refractivity contribution in [2.45, 2.75) is 27.2 Å². The van der Waals surface area contributed by atoms with Gasteiger partial charge in [-0.3, -0.25) is 9.59 Å². The number of amides is 2. The van der Waals surface area contributed by atoms with Crippen molar-refractivity contribution < 1.29 is 9.59 Å². The maximum absolute atomic E-state index is 12.6. The van der Waals surface area contributed by atoms with Gasteiger partial charge in [-0.2, -0.15) is 0 Å². The van der Waals surface area contributed by atoms with E-state index in [0.29, 0.717) is 31.1 Å². The monoisotopic (exact) mass is 380 g/mol. The molecule has 0 saturated carbocycles. The van der Waals surface area contributed by atoms with Crippen LogP contribution in [0.15, 0.2) is 42.6 Å². The summed E-state index contributed by atoms with van der Waals surface area (Å²) in [5, 5.41) is 2.87. The summed E-state index contributed by atoms with van der Waals surface area (Å²) < 4.78 is 0. The molecule has 1 aliphatic rings. The van der Waals surface area contributed by atoms with E-state index in [-0.39, 0.29) is 11.8 Å². The Morgan fingerprint density at radius 3 is 2.29 bits per heavy atom. The molecule has 3 rings (SSSR count). The van der Waals surface area contributed by atoms with E-state index < -0.39 is 0 Å². The first-order chi connectivity index (χ1) is 13.4. The second kappa shape index (κ2) is 8.87. The van der Waals surface area contributed by atoms with Crippen LogP contribution in [0.25, 0.3) is 0 Å². The van der Waals surface area contributed by atoms with Crippen LogP contribution in [0.3, 0.4) is 0 Å². The maximum atomic E-state index is 12.6. The molecule has 1 N–H and O–H groups in total. The molecule has 0 spiro atoms. The second-order valence-corrected chi connectivity index (χ2v) is 7.70. The van der Waals surface area contributed by atoms with E-state index in [9.17, 15) is 9.59 Å². The van der Waals surface area contributed by atoms with Gasteiger partial charge < -0.3 is 15.1 Å². The van der Waals surface area contributed by atoms with Gasteiger partial charge in [0.2, 0.25) is 5.91 Å². The molecule has 1 saturated heterocycles. The van der Waals surface area contributed by atoms with Crippen molar-refractivity contribution in [2.24, 2.45) is 5.92 Å². The topological polar surface area (TPSA) is 65.5 Å². The van der Waals surface area contributed by atoms with Gasteiger partial charge in [-0.15, -0.1) is 0 Å². The average molecular weight is 380 g/mol. The van der Waals surface area contributed by atoms with Crippen molar-refractivity contribution in [1.29, 1.82) is 0 Å². The van der Waals surface area contributed by atoms with Crippen molar-refractivity contribution in [1.82, 2.24) is 9.88 Å². The molecule has 0 radical (unpaired) electrons. The fourth-order valence-electron chi connectivity index (χ4n) is 3.25. The number of nitrogens with zero attached hydrogens (tertiary/aromatic N) is 3. The van der Waals surface area contributed by atoms with Crippen molar-refractivity contribution in [3.8, 4) is 0 Å². The maximum Gasteiger partial charge on any atom is 0.253 e. The zero-order valence-electron chi connectivity index (χ0n) is 16.8. The number of rotatable bonds is 5. The molecular formula is C22H28N4O2. The predicted octanol–water partition coefficient (Wildman–Crippen LogP) is 3.34. The number of anilines is 2. The number of aryl methyl sites for hydroxylation is 1. The molecule has 6 heteroatoms. The quantitative estimate of drug-likeness (QED) is 0.864. The first kappa shape index (κ1) is 19.9. The van der Waals surface area contributed by atoms with E-state index in [2.05, 4.69) is 15.2 Å². The van der Waals surface area contributed by atoms with E-state index >= 15 is 0 Å². The summed E-state index contributed by atoms with van der Waals surface area (Å²) >= 11 is 0. The highest BCUT2D eigenvalue weighted by Gasteiger charge is 2.22. The largest absolute Gasteiger partial charge is 0.353 e. The first-order valence-corrected chi connectivity index (χ1v) is 9.79. The number of carbonyl (C=O) groups excluding carboxylic acids is 2. The minimum absolute atomic E-state index is 0.00721. The van der Waals surface area contributed by atoms with Gasteiger partial charge in [-0.1, -0.05) is 31.5 Å². The van der Waals surface area contributed by atoms with E-state index in [1.165, 1.54) is 0 Å². The summed E-state index contributed by atoms with van der Waals surface area (Å²) in [5.74, 6) is 1.28. The van der Waals surface area contributed by atoms with Crippen LogP contribution in [0.1, 0.15) is 36.2 Å². The number of carbonyl (C=O) groups is 2. The number of piperazine rings is 1. The van der Waals surface area contributed by atoms with Crippen LogP contribution in [-0.4, -0.2) is 47.9 Å². The number of pyridine rings is 1. The number of benzene rings is 1. The number of nitrogens with one attached hydrogen (secondary N) is 1. The van der Waals surface area contributed by atoms with Crippen LogP contribution in [-0.2, 0) is 4.79 Å². The van der Waals surface area contributed by atoms with Gasteiger partial charge in [0.15, 0.2) is 0 Å². The lowest BCUT2D eigenvalue weighted by atomic mass is 10.1. The number of hydrogen-bond donors (Lipinski definition) is 1. The third-order valence-corrected chi connectivity index (χ3v) is 4.81. The van der Waals surface area contributed by atoms with Crippen molar-refractivity contribution in [2.75, 3.05) is 36.4 Å². The van der Waals surface area contributed by atoms with Crippen molar-refractivity contribution >= 4 is 23.3 Å². The first-order valence-electron chi connectivity index (χ1n) is 9.79. The lowest BCUT2D eigenvalue weighted by molar-refractivity contribution is -0.116. The Bertz CT molecular complexity index is 807. The van der Waals surface area contributed by atoms with Gasteiger partial charge >= 0.3 is 0 Å². The molecule has 1 fully saturated rings. The molecule has 148 valence electrons. The van der Waals surface area contributed by atoms with E-state index in [0.717, 1.165) is 30.0 Å². The van der Waals surface area contributed by atoms with Crippen LogP contribution in [0.2, 0.25) is 0 Å². The second-order valence-electron chi connectivity index (χ2n) is 7.70. The minimum Gasteiger partial charge on any atom is -0.353 e. The van der Waals surface area contributed by atoms with Crippen LogP contribution in [0, 0.1) is 12.8 Å². The summed E-state index contributed by atoms with van der Waals surface area (Å²) in [4.78, 5) is 33.0. The van der Waals surface area contributed by atoms with Gasteiger partial charge in [-0.25, -0.2) is 4.98 Å². The lowest BCUT2D eigenvalue weighted by Gasteiger charge is -2.35. The fraction of sp³-hybridized carbons (Fsp3) is 0.409. The molecule has 0 bridgehead atoms. The highest BCUT2D eigenvalue weighted by molar-refractivity contribution is 5.94. The smallest absolute Gasteiger partial charge is 0.253 e. The molecule has 28 heavy (non-hydrogen) atoms. The molecule has 0 atom stereocenters. The zero-order valence-corrected chi connectivity index (χ0v) is 16.8. The Morgan fingerprint density at radius 2 is 1.71 bits per heavy atom. The summed E-state index contributed by atoms with van der Waals surface area (Å²) in [6.07, 6.45) is 2.19. The highest BCUT2D eigenvalue weighted by Crippen LogP contribution is 2.18. The van der Waals surface area contributed by atoms with Crippen LogP contribution in [0.4, 0.5) is 11.5 Å². The third-order valence-electron chi connectivity index (χ3n) is 4.81. The standard InChI is InChI=1S/C22H28N4O2/c1-16(2)14-21(27)24-19-8-9-20(23-15-19)25-10-12-26(13-11-25)22(28)18-6-4-17(3)5-7-18/h4-9,15-16H,10-14H2,1-3H3,(H,24,27). The average Bonchev–Trinajstić information content (AvgIpc) is 2.68. The SMILES string of the molecule is Cc1ccc(C(=O)N2CCN(c3ccc(NC(=O)CC(C)C)cn3)CC2)cc1. The van der Waals surface area contributed by atoms with Gasteiger partial charge in [0.05, 0.1) is 11.9 Å². The molecule has 0 unspecified atom stereocenters. The Balaban J connectivity index is 1.54. The summed E-state index contributed by atoms with van der Waals surface area (Å²) in [6.45, 7) is 8.87. The fourth-order valence-corrected chi connectivity index (χ4v) is 3.25. The van der Waals surface area contributed by atoms with Crippen LogP contribution < -0.4 is 10.2 Å². The molecule has 1 aliphatic heterocycles. The molecule has 2 aromatic rings. The normalized spacial score (nSPS) is 14.3. The van der Waals surface area contributed by atoms with Gasteiger partial charge in [0.1, 0.15) is 5.82 Å². The molecule has 2 amide bonds. The minimum atomic E-state index is 0.00721. The number of hydrogen-bond acceptors (Lipinski definition) is 4. The summed E-state index contributed by atoms with van der Waals surface area (Å²) in [5.41, 5.74) is 2.59.